The van der Waals surface area contributed by atoms with Gasteiger partial charge in [-0.05, 0) is 41.8 Å². The SMILES string of the molecule is N#Cc1cc(O[C@@H]2CCOC2)c([C@@]2(O)O[C@H](CO)[C@@H](O)[C@H](O)[C@H]2O)cc1Cc1ccc(OS(=O)(=O)C(F)(F)F)cc1. The maximum Gasteiger partial charge on any atom is 0.534 e. The van der Waals surface area contributed by atoms with Crippen molar-refractivity contribution in [2.75, 3.05) is 19.8 Å². The highest BCUT2D eigenvalue weighted by molar-refractivity contribution is 7.88. The number of rotatable bonds is 8. The van der Waals surface area contributed by atoms with Gasteiger partial charge in [0.15, 0.2) is 0 Å². The van der Waals surface area contributed by atoms with Crippen LogP contribution in [-0.4, -0.2) is 89.8 Å². The molecule has 224 valence electrons. The summed E-state index contributed by atoms with van der Waals surface area (Å²) in [5.41, 5.74) is -5.24. The standard InChI is InChI=1S/C25H26F3NO11S/c26-25(27,28)41(35,36)40-16-3-1-13(2-4-16)7-14-8-18(19(9-15(14)10-29)38-17-5-6-37-12-17)24(34)23(33)22(32)21(31)20(11-30)39-24/h1-4,8-9,17,20-23,30-34H,5-7,11-12H2/t17-,20-,21-,22+,23-,24-/m1/s1. The minimum absolute atomic E-state index is 0.0378. The van der Waals surface area contributed by atoms with Crippen molar-refractivity contribution in [3.8, 4) is 17.6 Å². The van der Waals surface area contributed by atoms with E-state index in [2.05, 4.69) is 4.18 Å². The second-order valence-electron chi connectivity index (χ2n) is 9.49. The van der Waals surface area contributed by atoms with E-state index in [1.54, 1.807) is 0 Å². The van der Waals surface area contributed by atoms with Crippen LogP contribution in [0.4, 0.5) is 13.2 Å². The summed E-state index contributed by atoms with van der Waals surface area (Å²) in [5, 5.41) is 62.3. The summed E-state index contributed by atoms with van der Waals surface area (Å²) in [6.07, 6.45) is -7.47. The lowest BCUT2D eigenvalue weighted by Gasteiger charge is -2.46. The molecule has 12 nitrogen and oxygen atoms in total. The first-order valence-electron chi connectivity index (χ1n) is 12.2. The van der Waals surface area contributed by atoms with Gasteiger partial charge in [-0.25, -0.2) is 0 Å². The van der Waals surface area contributed by atoms with E-state index >= 15 is 0 Å². The third-order valence-corrected chi connectivity index (χ3v) is 7.65. The lowest BCUT2D eigenvalue weighted by atomic mass is 9.85. The molecule has 0 unspecified atom stereocenters. The number of halogens is 3. The molecule has 6 atom stereocenters. The van der Waals surface area contributed by atoms with Crippen LogP contribution in [0.25, 0.3) is 0 Å². The van der Waals surface area contributed by atoms with E-state index in [0.29, 0.717) is 18.6 Å². The fourth-order valence-corrected chi connectivity index (χ4v) is 4.93. The number of ether oxygens (including phenoxy) is 3. The van der Waals surface area contributed by atoms with Crippen LogP contribution in [0.5, 0.6) is 11.5 Å². The maximum absolute atomic E-state index is 12.6. The van der Waals surface area contributed by atoms with Crippen LogP contribution in [0.15, 0.2) is 36.4 Å². The molecule has 2 heterocycles. The zero-order valence-corrected chi connectivity index (χ0v) is 21.9. The molecule has 2 aliphatic heterocycles. The van der Waals surface area contributed by atoms with Crippen molar-refractivity contribution in [2.24, 2.45) is 0 Å². The molecule has 0 saturated carbocycles. The molecule has 41 heavy (non-hydrogen) atoms. The van der Waals surface area contributed by atoms with Crippen LogP contribution in [0.1, 0.15) is 28.7 Å². The van der Waals surface area contributed by atoms with E-state index in [0.717, 1.165) is 12.1 Å². The van der Waals surface area contributed by atoms with E-state index in [1.807, 2.05) is 6.07 Å². The molecular formula is C25H26F3NO11S. The third kappa shape index (κ3) is 6.27. The monoisotopic (exact) mass is 605 g/mol. The topological polar surface area (TPSA) is 196 Å². The van der Waals surface area contributed by atoms with Crippen molar-refractivity contribution >= 4 is 10.1 Å². The predicted octanol–water partition coefficient (Wildman–Crippen LogP) is 0.164. The molecule has 0 spiro atoms. The first-order valence-corrected chi connectivity index (χ1v) is 13.6. The molecule has 2 saturated heterocycles. The number of nitriles is 1. The Morgan fingerprint density at radius 1 is 1.12 bits per heavy atom. The van der Waals surface area contributed by atoms with Crippen molar-refractivity contribution in [3.05, 3.63) is 58.7 Å². The van der Waals surface area contributed by atoms with Gasteiger partial charge in [0.2, 0.25) is 5.79 Å². The van der Waals surface area contributed by atoms with Gasteiger partial charge in [-0.1, -0.05) is 12.1 Å². The van der Waals surface area contributed by atoms with Gasteiger partial charge in [-0.3, -0.25) is 0 Å². The Morgan fingerprint density at radius 3 is 2.37 bits per heavy atom. The van der Waals surface area contributed by atoms with Crippen LogP contribution in [0, 0.1) is 11.3 Å². The Balaban J connectivity index is 1.72. The highest BCUT2D eigenvalue weighted by Gasteiger charge is 2.55. The molecule has 5 N–H and O–H groups in total. The molecule has 0 bridgehead atoms. The minimum atomic E-state index is -5.88. The summed E-state index contributed by atoms with van der Waals surface area (Å²) < 4.78 is 81.2. The lowest BCUT2D eigenvalue weighted by molar-refractivity contribution is -0.358. The fraction of sp³-hybridized carbons (Fsp3) is 0.480. The normalized spacial score (nSPS) is 28.7. The van der Waals surface area contributed by atoms with Crippen LogP contribution in [0.3, 0.4) is 0 Å². The maximum atomic E-state index is 12.6. The number of hydrogen-bond donors (Lipinski definition) is 5. The molecular weight excluding hydrogens is 579 g/mol. The van der Waals surface area contributed by atoms with Crippen LogP contribution < -0.4 is 8.92 Å². The van der Waals surface area contributed by atoms with E-state index in [-0.39, 0.29) is 35.5 Å². The molecule has 0 radical (unpaired) electrons. The van der Waals surface area contributed by atoms with Gasteiger partial charge >= 0.3 is 15.6 Å². The van der Waals surface area contributed by atoms with Crippen molar-refractivity contribution in [1.82, 2.24) is 0 Å². The van der Waals surface area contributed by atoms with Crippen molar-refractivity contribution in [3.63, 3.8) is 0 Å². The highest BCUT2D eigenvalue weighted by atomic mass is 32.2. The van der Waals surface area contributed by atoms with E-state index in [1.165, 1.54) is 24.3 Å². The average Bonchev–Trinajstić information content (AvgIpc) is 3.43. The molecule has 4 rings (SSSR count). The summed E-state index contributed by atoms with van der Waals surface area (Å²) >= 11 is 0. The van der Waals surface area contributed by atoms with Gasteiger partial charge in [0.05, 0.1) is 37.0 Å². The number of alkyl halides is 3. The van der Waals surface area contributed by atoms with Gasteiger partial charge in [0.25, 0.3) is 0 Å². The third-order valence-electron chi connectivity index (χ3n) is 6.67. The van der Waals surface area contributed by atoms with Gasteiger partial charge in [0.1, 0.15) is 42.0 Å². The number of aliphatic hydroxyl groups excluding tert-OH is 4. The molecule has 2 aromatic rings. The Labute approximate surface area is 231 Å². The van der Waals surface area contributed by atoms with Gasteiger partial charge in [-0.15, -0.1) is 0 Å². The molecule has 16 heteroatoms. The summed E-state index contributed by atoms with van der Waals surface area (Å²) in [7, 11) is -5.88. The Hall–Kier alpha value is -3.01. The van der Waals surface area contributed by atoms with Crippen LogP contribution in [0.2, 0.25) is 0 Å². The number of hydrogen-bond acceptors (Lipinski definition) is 12. The molecule has 0 aromatic heterocycles. The van der Waals surface area contributed by atoms with E-state index < -0.39 is 64.3 Å². The first kappa shape index (κ1) is 30.9. The summed E-state index contributed by atoms with van der Waals surface area (Å²) in [6, 6.07) is 8.96. The smallest absolute Gasteiger partial charge is 0.487 e. The van der Waals surface area contributed by atoms with Crippen molar-refractivity contribution in [2.45, 2.75) is 54.7 Å². The highest BCUT2D eigenvalue weighted by Crippen LogP contribution is 2.42. The van der Waals surface area contributed by atoms with E-state index in [9.17, 15) is 52.4 Å². The molecule has 2 aromatic carbocycles. The predicted molar refractivity (Wildman–Crippen MR) is 130 cm³/mol. The second kappa shape index (κ2) is 11.7. The number of nitrogens with zero attached hydrogens (tertiary/aromatic N) is 1. The number of aliphatic hydroxyl groups is 5. The van der Waals surface area contributed by atoms with Gasteiger partial charge < -0.3 is 43.9 Å². The zero-order chi connectivity index (χ0) is 30.2. The summed E-state index contributed by atoms with van der Waals surface area (Å²) in [6.45, 7) is -0.264. The second-order valence-corrected chi connectivity index (χ2v) is 11.0. The Bertz CT molecular complexity index is 1390. The lowest BCUT2D eigenvalue weighted by Crippen LogP contribution is -2.63. The summed E-state index contributed by atoms with van der Waals surface area (Å²) in [4.78, 5) is 0. The summed E-state index contributed by atoms with van der Waals surface area (Å²) in [5.74, 6) is -3.44. The van der Waals surface area contributed by atoms with Crippen molar-refractivity contribution in [1.29, 1.82) is 5.26 Å². The Morgan fingerprint density at radius 2 is 1.80 bits per heavy atom. The number of benzene rings is 2. The molecule has 2 fully saturated rings. The molecule has 0 amide bonds. The first-order chi connectivity index (χ1) is 19.2. The molecule has 2 aliphatic rings. The quantitative estimate of drug-likeness (QED) is 0.202. The van der Waals surface area contributed by atoms with Gasteiger partial charge in [-0.2, -0.15) is 26.9 Å². The fourth-order valence-electron chi connectivity index (χ4n) is 4.47. The molecule has 0 aliphatic carbocycles. The minimum Gasteiger partial charge on any atom is -0.487 e. The van der Waals surface area contributed by atoms with Crippen LogP contribution in [-0.2, 0) is 31.8 Å². The van der Waals surface area contributed by atoms with Crippen molar-refractivity contribution < 1.29 is 65.5 Å². The Kier molecular flexibility index (Phi) is 8.83. The zero-order valence-electron chi connectivity index (χ0n) is 21.1. The van der Waals surface area contributed by atoms with Gasteiger partial charge in [0, 0.05) is 6.42 Å². The van der Waals surface area contributed by atoms with E-state index in [4.69, 9.17) is 14.2 Å². The average molecular weight is 606 g/mol. The van der Waals surface area contributed by atoms with Crippen LogP contribution >= 0.6 is 0 Å². The largest absolute Gasteiger partial charge is 0.534 e.